The average molecular weight is 590 g/mol. The topological polar surface area (TPSA) is 96.9 Å². The number of rotatable bonds is 7. The van der Waals surface area contributed by atoms with Crippen LogP contribution in [0.1, 0.15) is 53.6 Å². The number of carbonyl (C=O) groups is 1. The number of ketones is 1. The molecule has 1 atom stereocenters. The summed E-state index contributed by atoms with van der Waals surface area (Å²) < 4.78 is 52.9. The SMILES string of the molecule is CCC(=O)c1c(-c2ccc(C)cc2)oc2cc(N(C)S(C)(=O)=O)c([C@H]3CCCN(c4nc5cc(F)ccc5o4)C3)cc12. The van der Waals surface area contributed by atoms with Crippen molar-refractivity contribution in [3.8, 4) is 11.3 Å². The second kappa shape index (κ2) is 10.6. The number of oxazole rings is 1. The Balaban J connectivity index is 1.49. The number of aryl methyl sites for hydroxylation is 1. The zero-order chi connectivity index (χ0) is 29.8. The molecule has 2 aromatic heterocycles. The highest BCUT2D eigenvalue weighted by Gasteiger charge is 2.31. The molecular weight excluding hydrogens is 557 g/mol. The normalized spacial score (nSPS) is 15.9. The number of nitrogens with zero attached hydrogens (tertiary/aromatic N) is 3. The monoisotopic (exact) mass is 589 g/mol. The van der Waals surface area contributed by atoms with E-state index in [0.29, 0.717) is 64.6 Å². The molecule has 1 aliphatic rings. The van der Waals surface area contributed by atoms with Crippen molar-refractivity contribution < 1.29 is 26.4 Å². The van der Waals surface area contributed by atoms with Gasteiger partial charge in [0.15, 0.2) is 11.4 Å². The van der Waals surface area contributed by atoms with Gasteiger partial charge in [0.05, 0.1) is 17.5 Å². The fourth-order valence-corrected chi connectivity index (χ4v) is 6.23. The molecule has 1 saturated heterocycles. The lowest BCUT2D eigenvalue weighted by Gasteiger charge is -2.34. The van der Waals surface area contributed by atoms with Gasteiger partial charge in [0.2, 0.25) is 10.0 Å². The quantitative estimate of drug-likeness (QED) is 0.188. The van der Waals surface area contributed by atoms with Gasteiger partial charge in [-0.3, -0.25) is 9.10 Å². The predicted octanol–water partition coefficient (Wildman–Crippen LogP) is 7.06. The number of furan rings is 1. The Morgan fingerprint density at radius 1 is 1.10 bits per heavy atom. The molecule has 218 valence electrons. The first-order chi connectivity index (χ1) is 20.0. The zero-order valence-electron chi connectivity index (χ0n) is 24.0. The average Bonchev–Trinajstić information content (AvgIpc) is 3.56. The molecule has 0 unspecified atom stereocenters. The maximum absolute atomic E-state index is 13.8. The molecule has 0 radical (unpaired) electrons. The van der Waals surface area contributed by atoms with Gasteiger partial charge in [-0.1, -0.05) is 36.8 Å². The minimum Gasteiger partial charge on any atom is -0.455 e. The summed E-state index contributed by atoms with van der Waals surface area (Å²) in [7, 11) is -2.08. The summed E-state index contributed by atoms with van der Waals surface area (Å²) in [6.45, 7) is 5.00. The molecule has 0 aliphatic carbocycles. The molecule has 3 aromatic carbocycles. The van der Waals surface area contributed by atoms with Gasteiger partial charge in [-0.15, -0.1) is 0 Å². The lowest BCUT2D eigenvalue weighted by atomic mass is 9.88. The summed E-state index contributed by atoms with van der Waals surface area (Å²) in [4.78, 5) is 19.9. The molecule has 3 heterocycles. The molecule has 42 heavy (non-hydrogen) atoms. The number of hydrogen-bond acceptors (Lipinski definition) is 7. The van der Waals surface area contributed by atoms with Crippen LogP contribution in [0.4, 0.5) is 16.1 Å². The van der Waals surface area contributed by atoms with Crippen LogP contribution in [0, 0.1) is 12.7 Å². The van der Waals surface area contributed by atoms with Crippen LogP contribution in [0.3, 0.4) is 0 Å². The van der Waals surface area contributed by atoms with Gasteiger partial charge >= 0.3 is 0 Å². The zero-order valence-corrected chi connectivity index (χ0v) is 24.8. The van der Waals surface area contributed by atoms with Crippen molar-refractivity contribution in [1.29, 1.82) is 0 Å². The third kappa shape index (κ3) is 5.04. The first-order valence-corrected chi connectivity index (χ1v) is 15.8. The van der Waals surface area contributed by atoms with Crippen molar-refractivity contribution >= 4 is 49.6 Å². The third-order valence-corrected chi connectivity index (χ3v) is 9.25. The van der Waals surface area contributed by atoms with Crippen LogP contribution in [0.15, 0.2) is 63.4 Å². The number of halogens is 1. The first kappa shape index (κ1) is 28.0. The van der Waals surface area contributed by atoms with Crippen molar-refractivity contribution in [2.45, 2.75) is 39.0 Å². The second-order valence-electron chi connectivity index (χ2n) is 11.0. The standard InChI is InChI=1S/C32H32FN3O5S/c1-5-27(37)30-24-16-23(21-7-6-14-36(18-21)32-34-25-15-22(33)12-13-28(25)41-32)26(35(3)42(4,38)39)17-29(24)40-31(30)20-10-8-19(2)9-11-20/h8-13,15-17,21H,5-7,14,18H2,1-4H3/t21-/m0/s1. The Morgan fingerprint density at radius 2 is 1.86 bits per heavy atom. The number of carbonyl (C=O) groups excluding carboxylic acids is 1. The molecule has 10 heteroatoms. The van der Waals surface area contributed by atoms with Crippen LogP contribution >= 0.6 is 0 Å². The van der Waals surface area contributed by atoms with Gasteiger partial charge < -0.3 is 13.7 Å². The highest BCUT2D eigenvalue weighted by Crippen LogP contribution is 2.42. The Morgan fingerprint density at radius 3 is 2.57 bits per heavy atom. The summed E-state index contributed by atoms with van der Waals surface area (Å²) in [6.07, 6.45) is 3.06. The largest absolute Gasteiger partial charge is 0.455 e. The van der Waals surface area contributed by atoms with E-state index in [1.54, 1.807) is 12.1 Å². The summed E-state index contributed by atoms with van der Waals surface area (Å²) in [5.74, 6) is -0.0611. The molecule has 5 aromatic rings. The van der Waals surface area contributed by atoms with Gasteiger partial charge in [-0.2, -0.15) is 4.98 Å². The van der Waals surface area contributed by atoms with Gasteiger partial charge in [0, 0.05) is 55.6 Å². The molecule has 0 bridgehead atoms. The maximum Gasteiger partial charge on any atom is 0.298 e. The van der Waals surface area contributed by atoms with E-state index in [-0.39, 0.29) is 17.5 Å². The van der Waals surface area contributed by atoms with Crippen LogP contribution in [-0.4, -0.2) is 45.6 Å². The Kier molecular flexibility index (Phi) is 7.04. The summed E-state index contributed by atoms with van der Waals surface area (Å²) >= 11 is 0. The number of anilines is 2. The molecule has 0 N–H and O–H groups in total. The van der Waals surface area contributed by atoms with Crippen molar-refractivity contribution in [3.05, 3.63) is 77.1 Å². The lowest BCUT2D eigenvalue weighted by Crippen LogP contribution is -2.35. The number of sulfonamides is 1. The van der Waals surface area contributed by atoms with Crippen LogP contribution in [-0.2, 0) is 10.0 Å². The van der Waals surface area contributed by atoms with Crippen LogP contribution in [0.5, 0.6) is 0 Å². The first-order valence-electron chi connectivity index (χ1n) is 14.0. The minimum atomic E-state index is -3.61. The molecule has 0 saturated carbocycles. The summed E-state index contributed by atoms with van der Waals surface area (Å²) in [6, 6.07) is 16.1. The van der Waals surface area contributed by atoms with Crippen LogP contribution in [0.25, 0.3) is 33.4 Å². The number of Topliss-reactive ketones (excluding diaryl/α,β-unsaturated/α-hetero) is 1. The van der Waals surface area contributed by atoms with Gasteiger partial charge in [-0.05, 0) is 43.5 Å². The van der Waals surface area contributed by atoms with E-state index in [2.05, 4.69) is 4.98 Å². The Bertz CT molecular complexity index is 1930. The molecular formula is C32H32FN3O5S. The van der Waals surface area contributed by atoms with E-state index in [9.17, 15) is 17.6 Å². The summed E-state index contributed by atoms with van der Waals surface area (Å²) in [5.41, 5.74) is 5.05. The van der Waals surface area contributed by atoms with Crippen molar-refractivity contribution in [2.75, 3.05) is 35.6 Å². The van der Waals surface area contributed by atoms with Gasteiger partial charge in [0.1, 0.15) is 22.7 Å². The third-order valence-electron chi connectivity index (χ3n) is 8.06. The van der Waals surface area contributed by atoms with Crippen LogP contribution in [0.2, 0.25) is 0 Å². The van der Waals surface area contributed by atoms with Gasteiger partial charge in [0.25, 0.3) is 6.01 Å². The van der Waals surface area contributed by atoms with E-state index in [1.807, 2.05) is 49.1 Å². The van der Waals surface area contributed by atoms with E-state index >= 15 is 0 Å². The fourth-order valence-electron chi connectivity index (χ4n) is 5.72. The lowest BCUT2D eigenvalue weighted by molar-refractivity contribution is 0.0989. The van der Waals surface area contributed by atoms with Crippen molar-refractivity contribution in [1.82, 2.24) is 4.98 Å². The van der Waals surface area contributed by atoms with Gasteiger partial charge in [-0.25, -0.2) is 12.8 Å². The molecule has 1 fully saturated rings. The van der Waals surface area contributed by atoms with E-state index in [0.717, 1.165) is 35.8 Å². The predicted molar refractivity (Wildman–Crippen MR) is 162 cm³/mol. The number of aromatic nitrogens is 1. The molecule has 1 aliphatic heterocycles. The molecule has 0 spiro atoms. The number of hydrogen-bond donors (Lipinski definition) is 0. The minimum absolute atomic E-state index is 0.0523. The van der Waals surface area contributed by atoms with E-state index < -0.39 is 10.0 Å². The van der Waals surface area contributed by atoms with E-state index in [4.69, 9.17) is 8.83 Å². The molecule has 6 rings (SSSR count). The van der Waals surface area contributed by atoms with Crippen molar-refractivity contribution in [3.63, 3.8) is 0 Å². The molecule has 0 amide bonds. The Hall–Kier alpha value is -4.18. The second-order valence-corrected chi connectivity index (χ2v) is 13.0. The number of fused-ring (bicyclic) bond motifs is 2. The van der Waals surface area contributed by atoms with Crippen LogP contribution < -0.4 is 9.21 Å². The van der Waals surface area contributed by atoms with E-state index in [1.165, 1.54) is 23.5 Å². The maximum atomic E-state index is 13.8. The fraction of sp³-hybridized carbons (Fsp3) is 0.312. The smallest absolute Gasteiger partial charge is 0.298 e. The van der Waals surface area contributed by atoms with Crippen molar-refractivity contribution in [2.24, 2.45) is 0 Å². The highest BCUT2D eigenvalue weighted by atomic mass is 32.2. The summed E-state index contributed by atoms with van der Waals surface area (Å²) in [5, 5.41) is 0.660. The highest BCUT2D eigenvalue weighted by molar-refractivity contribution is 7.92. The number of benzene rings is 3. The number of piperidine rings is 1. The Labute approximate surface area is 243 Å². The molecule has 8 nitrogen and oxygen atoms in total.